The fourth-order valence-electron chi connectivity index (χ4n) is 3.53. The third-order valence-corrected chi connectivity index (χ3v) is 5.61. The van der Waals surface area contributed by atoms with E-state index in [1.165, 1.54) is 6.20 Å². The van der Waals surface area contributed by atoms with Gasteiger partial charge in [0.25, 0.3) is 11.8 Å². The molecule has 3 aromatic rings. The van der Waals surface area contributed by atoms with Crippen LogP contribution in [0, 0.1) is 0 Å². The summed E-state index contributed by atoms with van der Waals surface area (Å²) >= 11 is 5.59. The molecule has 11 heteroatoms. The van der Waals surface area contributed by atoms with Gasteiger partial charge in [0, 0.05) is 49.7 Å². The van der Waals surface area contributed by atoms with Gasteiger partial charge in [-0.3, -0.25) is 19.5 Å². The van der Waals surface area contributed by atoms with Gasteiger partial charge in [0.2, 0.25) is 5.91 Å². The molecular formula is C22H24ClN7O3. The summed E-state index contributed by atoms with van der Waals surface area (Å²) in [6, 6.07) is 8.41. The number of hydrogen-bond donors (Lipinski definition) is 3. The van der Waals surface area contributed by atoms with Crippen molar-refractivity contribution >= 4 is 51.7 Å². The van der Waals surface area contributed by atoms with Crippen LogP contribution in [0.5, 0.6) is 0 Å². The molecule has 0 bridgehead atoms. The normalized spacial score (nSPS) is 14.3. The zero-order valence-electron chi connectivity index (χ0n) is 18.1. The summed E-state index contributed by atoms with van der Waals surface area (Å²) in [6.45, 7) is 3.10. The van der Waals surface area contributed by atoms with Gasteiger partial charge in [0.1, 0.15) is 5.69 Å². The number of benzene rings is 1. The van der Waals surface area contributed by atoms with Gasteiger partial charge in [-0.2, -0.15) is 5.10 Å². The third kappa shape index (κ3) is 5.29. The lowest BCUT2D eigenvalue weighted by Gasteiger charge is -2.32. The molecule has 10 nitrogen and oxygen atoms in total. The number of piperazine rings is 1. The van der Waals surface area contributed by atoms with Crippen molar-refractivity contribution in [1.29, 1.82) is 0 Å². The number of amides is 3. The van der Waals surface area contributed by atoms with Crippen LogP contribution in [0.3, 0.4) is 0 Å². The number of rotatable bonds is 6. The summed E-state index contributed by atoms with van der Waals surface area (Å²) in [5.41, 5.74) is 2.12. The largest absolute Gasteiger partial charge is 0.336 e. The van der Waals surface area contributed by atoms with Crippen LogP contribution in [0.4, 0.5) is 11.4 Å². The number of carbonyl (C=O) groups is 3. The standard InChI is InChI=1S/C22H24ClN7O3/c1-29-8-10-30(11-9-29)22(33)14-2-4-15(5-3-14)26-21(32)19-17-12-16(25-18(31)6-7-23)13-24-20(17)28-27-19/h2-5,12-13H,6-11H2,1H3,(H,25,31)(H,26,32)(H,24,27,28). The SMILES string of the molecule is CN1CCN(C(=O)c2ccc(NC(=O)c3[nH]nc4ncc(NC(=O)CCCl)cc34)cc2)CC1. The Bertz CT molecular complexity index is 1170. The van der Waals surface area contributed by atoms with E-state index in [4.69, 9.17) is 11.6 Å². The Labute approximate surface area is 195 Å². The fraction of sp³-hybridized carbons (Fsp3) is 0.318. The minimum atomic E-state index is -0.415. The van der Waals surface area contributed by atoms with Gasteiger partial charge in [0.15, 0.2) is 5.65 Å². The predicted octanol–water partition coefficient (Wildman–Crippen LogP) is 2.17. The van der Waals surface area contributed by atoms with Crippen LogP contribution in [-0.2, 0) is 4.79 Å². The molecule has 0 radical (unpaired) electrons. The van der Waals surface area contributed by atoms with Crippen molar-refractivity contribution in [2.75, 3.05) is 49.7 Å². The molecule has 4 rings (SSSR count). The van der Waals surface area contributed by atoms with Crippen molar-refractivity contribution < 1.29 is 14.4 Å². The van der Waals surface area contributed by atoms with Gasteiger partial charge in [-0.05, 0) is 37.4 Å². The first kappa shape index (κ1) is 22.7. The number of H-pyrrole nitrogens is 1. The van der Waals surface area contributed by atoms with Crippen molar-refractivity contribution in [1.82, 2.24) is 25.0 Å². The summed E-state index contributed by atoms with van der Waals surface area (Å²) in [5.74, 6) is -0.468. The number of anilines is 2. The van der Waals surface area contributed by atoms with E-state index in [-0.39, 0.29) is 29.8 Å². The number of aromatic amines is 1. The molecule has 1 saturated heterocycles. The molecule has 1 aromatic carbocycles. The zero-order valence-corrected chi connectivity index (χ0v) is 18.9. The van der Waals surface area contributed by atoms with Gasteiger partial charge in [-0.1, -0.05) is 0 Å². The van der Waals surface area contributed by atoms with E-state index >= 15 is 0 Å². The van der Waals surface area contributed by atoms with Gasteiger partial charge in [-0.15, -0.1) is 11.6 Å². The molecule has 0 aliphatic carbocycles. The molecule has 33 heavy (non-hydrogen) atoms. The molecule has 1 aliphatic rings. The van der Waals surface area contributed by atoms with Crippen LogP contribution in [-0.4, -0.2) is 81.8 Å². The Morgan fingerprint density at radius 1 is 1.06 bits per heavy atom. The highest BCUT2D eigenvalue weighted by Gasteiger charge is 2.21. The molecule has 1 aliphatic heterocycles. The van der Waals surface area contributed by atoms with Crippen LogP contribution < -0.4 is 10.6 Å². The molecule has 2 aromatic heterocycles. The van der Waals surface area contributed by atoms with Gasteiger partial charge < -0.3 is 20.4 Å². The lowest BCUT2D eigenvalue weighted by molar-refractivity contribution is -0.115. The number of nitrogens with zero attached hydrogens (tertiary/aromatic N) is 4. The lowest BCUT2D eigenvalue weighted by atomic mass is 10.1. The maximum absolute atomic E-state index is 12.8. The molecule has 3 heterocycles. The van der Waals surface area contributed by atoms with Crippen molar-refractivity contribution in [3.8, 4) is 0 Å². The summed E-state index contributed by atoms with van der Waals surface area (Å²) in [5, 5.41) is 12.7. The average molecular weight is 470 g/mol. The van der Waals surface area contributed by atoms with Gasteiger partial charge in [-0.25, -0.2) is 4.98 Å². The lowest BCUT2D eigenvalue weighted by Crippen LogP contribution is -2.47. The van der Waals surface area contributed by atoms with E-state index in [1.54, 1.807) is 30.3 Å². The molecule has 172 valence electrons. The molecular weight excluding hydrogens is 446 g/mol. The summed E-state index contributed by atoms with van der Waals surface area (Å²) in [6.07, 6.45) is 1.64. The van der Waals surface area contributed by atoms with Crippen LogP contribution in [0.2, 0.25) is 0 Å². The predicted molar refractivity (Wildman–Crippen MR) is 126 cm³/mol. The second kappa shape index (κ2) is 9.97. The quantitative estimate of drug-likeness (QED) is 0.475. The number of likely N-dealkylation sites (N-methyl/N-ethyl adjacent to an activating group) is 1. The summed E-state index contributed by atoms with van der Waals surface area (Å²) < 4.78 is 0. The van der Waals surface area contributed by atoms with Gasteiger partial charge in [0.05, 0.1) is 17.3 Å². The summed E-state index contributed by atoms with van der Waals surface area (Å²) in [7, 11) is 2.04. The maximum Gasteiger partial charge on any atom is 0.274 e. The van der Waals surface area contributed by atoms with E-state index < -0.39 is 5.91 Å². The Hall–Kier alpha value is -3.50. The highest BCUT2D eigenvalue weighted by atomic mass is 35.5. The molecule has 0 saturated carbocycles. The van der Waals surface area contributed by atoms with Crippen LogP contribution in [0.15, 0.2) is 36.5 Å². The first-order chi connectivity index (χ1) is 15.9. The zero-order chi connectivity index (χ0) is 23.4. The highest BCUT2D eigenvalue weighted by Crippen LogP contribution is 2.20. The average Bonchev–Trinajstić information content (AvgIpc) is 3.23. The number of aromatic nitrogens is 3. The molecule has 0 spiro atoms. The van der Waals surface area contributed by atoms with E-state index in [0.29, 0.717) is 41.1 Å². The van der Waals surface area contributed by atoms with E-state index in [9.17, 15) is 14.4 Å². The molecule has 0 atom stereocenters. The number of halogens is 1. The minimum Gasteiger partial charge on any atom is -0.336 e. The smallest absolute Gasteiger partial charge is 0.274 e. The van der Waals surface area contributed by atoms with Crippen molar-refractivity contribution in [3.05, 3.63) is 47.8 Å². The third-order valence-electron chi connectivity index (χ3n) is 5.42. The van der Waals surface area contributed by atoms with Crippen LogP contribution in [0.1, 0.15) is 27.3 Å². The first-order valence-corrected chi connectivity index (χ1v) is 11.1. The van der Waals surface area contributed by atoms with Gasteiger partial charge >= 0.3 is 0 Å². The molecule has 3 N–H and O–H groups in total. The fourth-order valence-corrected chi connectivity index (χ4v) is 3.70. The maximum atomic E-state index is 12.8. The minimum absolute atomic E-state index is 0.0182. The van der Waals surface area contributed by atoms with Crippen LogP contribution >= 0.6 is 11.6 Å². The number of hydrogen-bond acceptors (Lipinski definition) is 6. The number of pyridine rings is 1. The first-order valence-electron chi connectivity index (χ1n) is 10.5. The van der Waals surface area contributed by atoms with Crippen molar-refractivity contribution in [2.45, 2.75) is 6.42 Å². The van der Waals surface area contributed by atoms with Crippen LogP contribution in [0.25, 0.3) is 11.0 Å². The monoisotopic (exact) mass is 469 g/mol. The number of alkyl halides is 1. The Morgan fingerprint density at radius 3 is 2.48 bits per heavy atom. The number of fused-ring (bicyclic) bond motifs is 1. The topological polar surface area (TPSA) is 123 Å². The molecule has 3 amide bonds. The second-order valence-electron chi connectivity index (χ2n) is 7.81. The van der Waals surface area contributed by atoms with E-state index in [1.807, 2.05) is 11.9 Å². The Morgan fingerprint density at radius 2 is 1.79 bits per heavy atom. The molecule has 1 fully saturated rings. The Kier molecular flexibility index (Phi) is 6.85. The number of nitrogens with one attached hydrogen (secondary N) is 3. The van der Waals surface area contributed by atoms with Crippen molar-refractivity contribution in [3.63, 3.8) is 0 Å². The highest BCUT2D eigenvalue weighted by molar-refractivity contribution is 6.19. The van der Waals surface area contributed by atoms with E-state index in [0.717, 1.165) is 13.1 Å². The summed E-state index contributed by atoms with van der Waals surface area (Å²) in [4.78, 5) is 45.5. The van der Waals surface area contributed by atoms with Crippen molar-refractivity contribution in [2.24, 2.45) is 0 Å². The number of carbonyl (C=O) groups excluding carboxylic acids is 3. The second-order valence-corrected chi connectivity index (χ2v) is 8.19. The van der Waals surface area contributed by atoms with E-state index in [2.05, 4.69) is 30.7 Å². The molecule has 0 unspecified atom stereocenters. The Balaban J connectivity index is 1.44.